The maximum Gasteiger partial charge on any atom is 0.236 e. The number of nitrogens with two attached hydrogens (primary N) is 1. The Morgan fingerprint density at radius 1 is 1.25 bits per heavy atom. The summed E-state index contributed by atoms with van der Waals surface area (Å²) in [5.74, 6) is 0.873. The molecule has 2 atom stereocenters. The van der Waals surface area contributed by atoms with Gasteiger partial charge in [0.25, 0.3) is 0 Å². The summed E-state index contributed by atoms with van der Waals surface area (Å²) in [6.07, 6.45) is 3.68. The van der Waals surface area contributed by atoms with Crippen LogP contribution in [0.3, 0.4) is 0 Å². The number of amides is 1. The fourth-order valence-corrected chi connectivity index (χ4v) is 3.57. The molecule has 1 amide bonds. The highest BCUT2D eigenvalue weighted by Gasteiger charge is 2.32. The first-order valence-corrected chi connectivity index (χ1v) is 8.06. The van der Waals surface area contributed by atoms with Crippen LogP contribution in [0.4, 0.5) is 0 Å². The zero-order chi connectivity index (χ0) is 14.5. The van der Waals surface area contributed by atoms with E-state index in [1.807, 2.05) is 4.90 Å². The van der Waals surface area contributed by atoms with Crippen LogP contribution in [0, 0.1) is 5.92 Å². The second kappa shape index (κ2) is 7.38. The Labute approximate surface area is 123 Å². The monoisotopic (exact) mass is 282 g/mol. The molecule has 116 valence electrons. The van der Waals surface area contributed by atoms with Crippen molar-refractivity contribution in [1.29, 1.82) is 0 Å². The maximum atomic E-state index is 12.5. The molecule has 0 spiro atoms. The molecular weight excluding hydrogens is 252 g/mol. The van der Waals surface area contributed by atoms with Crippen LogP contribution in [-0.2, 0) is 4.79 Å². The van der Waals surface area contributed by atoms with Gasteiger partial charge in [0.05, 0.1) is 6.54 Å². The van der Waals surface area contributed by atoms with Crippen LogP contribution in [-0.4, -0.2) is 79.5 Å². The number of rotatable bonds is 5. The van der Waals surface area contributed by atoms with Gasteiger partial charge in [-0.15, -0.1) is 0 Å². The number of piperazine rings is 1. The van der Waals surface area contributed by atoms with Gasteiger partial charge in [0.1, 0.15) is 0 Å². The molecule has 2 N–H and O–H groups in total. The van der Waals surface area contributed by atoms with Gasteiger partial charge in [-0.3, -0.25) is 9.69 Å². The SMILES string of the molecule is CCN(CC(=O)N1CCN(C)CC1)C1CCCC1CN. The van der Waals surface area contributed by atoms with E-state index >= 15 is 0 Å². The summed E-state index contributed by atoms with van der Waals surface area (Å²) in [7, 11) is 2.12. The van der Waals surface area contributed by atoms with Gasteiger partial charge in [-0.25, -0.2) is 0 Å². The number of hydrogen-bond acceptors (Lipinski definition) is 4. The molecule has 0 aromatic rings. The van der Waals surface area contributed by atoms with E-state index in [4.69, 9.17) is 5.73 Å². The molecule has 2 aliphatic rings. The minimum absolute atomic E-state index is 0.294. The highest BCUT2D eigenvalue weighted by atomic mass is 16.2. The number of carbonyl (C=O) groups is 1. The summed E-state index contributed by atoms with van der Waals surface area (Å²) in [6, 6.07) is 0.515. The third-order valence-electron chi connectivity index (χ3n) is 4.99. The van der Waals surface area contributed by atoms with E-state index in [9.17, 15) is 4.79 Å². The molecule has 20 heavy (non-hydrogen) atoms. The highest BCUT2D eigenvalue weighted by Crippen LogP contribution is 2.29. The maximum absolute atomic E-state index is 12.5. The lowest BCUT2D eigenvalue weighted by Gasteiger charge is -2.36. The third kappa shape index (κ3) is 3.71. The first-order valence-electron chi connectivity index (χ1n) is 8.06. The van der Waals surface area contributed by atoms with E-state index in [1.54, 1.807) is 0 Å². The zero-order valence-electron chi connectivity index (χ0n) is 13.1. The largest absolute Gasteiger partial charge is 0.339 e. The van der Waals surface area contributed by atoms with E-state index in [0.717, 1.165) is 39.3 Å². The van der Waals surface area contributed by atoms with Crippen molar-refractivity contribution in [3.63, 3.8) is 0 Å². The molecule has 1 aliphatic carbocycles. The minimum atomic E-state index is 0.294. The Hall–Kier alpha value is -0.650. The van der Waals surface area contributed by atoms with E-state index in [1.165, 1.54) is 19.3 Å². The zero-order valence-corrected chi connectivity index (χ0v) is 13.1. The Morgan fingerprint density at radius 2 is 1.95 bits per heavy atom. The standard InChI is InChI=1S/C15H30N4O/c1-3-18(14-6-4-5-13(14)11-16)12-15(20)19-9-7-17(2)8-10-19/h13-14H,3-12,16H2,1-2H3. The summed E-state index contributed by atoms with van der Waals surface area (Å²) in [5, 5.41) is 0. The van der Waals surface area contributed by atoms with Crippen molar-refractivity contribution in [3.8, 4) is 0 Å². The molecule has 1 saturated heterocycles. The van der Waals surface area contributed by atoms with Crippen molar-refractivity contribution in [2.24, 2.45) is 11.7 Å². The molecule has 5 nitrogen and oxygen atoms in total. The second-order valence-electron chi connectivity index (χ2n) is 6.24. The molecule has 1 aliphatic heterocycles. The number of likely N-dealkylation sites (N-methyl/N-ethyl adjacent to an activating group) is 2. The molecule has 0 aromatic heterocycles. The molecule has 0 radical (unpaired) electrons. The lowest BCUT2D eigenvalue weighted by Crippen LogP contribution is -2.52. The van der Waals surface area contributed by atoms with Crippen molar-refractivity contribution in [3.05, 3.63) is 0 Å². The molecule has 5 heteroatoms. The Morgan fingerprint density at radius 3 is 2.55 bits per heavy atom. The van der Waals surface area contributed by atoms with Crippen molar-refractivity contribution in [2.75, 3.05) is 52.9 Å². The van der Waals surface area contributed by atoms with E-state index in [0.29, 0.717) is 24.4 Å². The molecule has 0 aromatic carbocycles. The molecule has 1 heterocycles. The van der Waals surface area contributed by atoms with Gasteiger partial charge in [0, 0.05) is 32.2 Å². The number of hydrogen-bond donors (Lipinski definition) is 1. The first kappa shape index (κ1) is 15.7. The summed E-state index contributed by atoms with van der Waals surface area (Å²) < 4.78 is 0. The topological polar surface area (TPSA) is 52.8 Å². The average Bonchev–Trinajstić information content (AvgIpc) is 2.93. The van der Waals surface area contributed by atoms with Crippen LogP contribution in [0.2, 0.25) is 0 Å². The predicted octanol–water partition coefficient (Wildman–Crippen LogP) is 0.210. The third-order valence-corrected chi connectivity index (χ3v) is 4.99. The summed E-state index contributed by atoms with van der Waals surface area (Å²) in [4.78, 5) is 19.1. The molecule has 2 rings (SSSR count). The molecular formula is C15H30N4O. The predicted molar refractivity (Wildman–Crippen MR) is 81.5 cm³/mol. The minimum Gasteiger partial charge on any atom is -0.339 e. The van der Waals surface area contributed by atoms with Crippen molar-refractivity contribution in [2.45, 2.75) is 32.2 Å². The number of nitrogens with zero attached hydrogens (tertiary/aromatic N) is 3. The quantitative estimate of drug-likeness (QED) is 0.783. The van der Waals surface area contributed by atoms with Gasteiger partial charge in [0.15, 0.2) is 0 Å². The summed E-state index contributed by atoms with van der Waals surface area (Å²) >= 11 is 0. The fourth-order valence-electron chi connectivity index (χ4n) is 3.57. The molecule has 2 fully saturated rings. The van der Waals surface area contributed by atoms with Gasteiger partial charge >= 0.3 is 0 Å². The lowest BCUT2D eigenvalue weighted by atomic mass is 10.0. The first-order chi connectivity index (χ1) is 9.65. The molecule has 1 saturated carbocycles. The second-order valence-corrected chi connectivity index (χ2v) is 6.24. The van der Waals surface area contributed by atoms with Gasteiger partial charge in [-0.05, 0) is 38.9 Å². The normalized spacial score (nSPS) is 28.3. The smallest absolute Gasteiger partial charge is 0.236 e. The average molecular weight is 282 g/mol. The highest BCUT2D eigenvalue weighted by molar-refractivity contribution is 5.78. The lowest BCUT2D eigenvalue weighted by molar-refractivity contribution is -0.134. The van der Waals surface area contributed by atoms with Crippen LogP contribution in [0.25, 0.3) is 0 Å². The number of carbonyl (C=O) groups excluding carboxylic acids is 1. The molecule has 2 unspecified atom stereocenters. The summed E-state index contributed by atoms with van der Waals surface area (Å²) in [5.41, 5.74) is 5.88. The van der Waals surface area contributed by atoms with Crippen molar-refractivity contribution < 1.29 is 4.79 Å². The molecule has 0 bridgehead atoms. The van der Waals surface area contributed by atoms with E-state index in [2.05, 4.69) is 23.8 Å². The Bertz CT molecular complexity index is 315. The van der Waals surface area contributed by atoms with Gasteiger partial charge in [0.2, 0.25) is 5.91 Å². The Balaban J connectivity index is 1.87. The van der Waals surface area contributed by atoms with Gasteiger partial charge in [-0.1, -0.05) is 13.3 Å². The fraction of sp³-hybridized carbons (Fsp3) is 0.933. The van der Waals surface area contributed by atoms with Gasteiger partial charge in [-0.2, -0.15) is 0 Å². The van der Waals surface area contributed by atoms with Gasteiger partial charge < -0.3 is 15.5 Å². The van der Waals surface area contributed by atoms with Crippen LogP contribution in [0.15, 0.2) is 0 Å². The van der Waals surface area contributed by atoms with Crippen LogP contribution < -0.4 is 5.73 Å². The van der Waals surface area contributed by atoms with Crippen molar-refractivity contribution in [1.82, 2.24) is 14.7 Å². The van der Waals surface area contributed by atoms with E-state index < -0.39 is 0 Å². The van der Waals surface area contributed by atoms with Crippen LogP contribution >= 0.6 is 0 Å². The Kier molecular flexibility index (Phi) is 5.81. The van der Waals surface area contributed by atoms with Crippen molar-refractivity contribution >= 4 is 5.91 Å². The summed E-state index contributed by atoms with van der Waals surface area (Å²) in [6.45, 7) is 8.16. The van der Waals surface area contributed by atoms with Crippen LogP contribution in [0.1, 0.15) is 26.2 Å². The van der Waals surface area contributed by atoms with E-state index in [-0.39, 0.29) is 0 Å². The van der Waals surface area contributed by atoms with Crippen LogP contribution in [0.5, 0.6) is 0 Å².